The number of anilines is 1. The first-order valence-electron chi connectivity index (χ1n) is 7.30. The zero-order valence-corrected chi connectivity index (χ0v) is 12.7. The third kappa shape index (κ3) is 3.61. The Bertz CT molecular complexity index is 632. The van der Waals surface area contributed by atoms with Crippen LogP contribution in [0.3, 0.4) is 0 Å². The van der Waals surface area contributed by atoms with Gasteiger partial charge in [0.1, 0.15) is 5.01 Å². The summed E-state index contributed by atoms with van der Waals surface area (Å²) in [6, 6.07) is 8.01. The van der Waals surface area contributed by atoms with Gasteiger partial charge in [-0.05, 0) is 25.0 Å². The minimum absolute atomic E-state index is 0.0791. The van der Waals surface area contributed by atoms with Gasteiger partial charge >= 0.3 is 0 Å². The molecule has 3 rings (SSSR count). The molecule has 0 spiro atoms. The summed E-state index contributed by atoms with van der Waals surface area (Å²) >= 11 is 1.52. The van der Waals surface area contributed by atoms with Gasteiger partial charge in [-0.25, -0.2) is 4.98 Å². The largest absolute Gasteiger partial charge is 0.399 e. The highest BCUT2D eigenvalue weighted by Crippen LogP contribution is 2.24. The molecule has 110 valence electrons. The SMILES string of the molecule is Nc1cccc(-c2csc(CC(=O)NC3CCCC3)n2)c1. The van der Waals surface area contributed by atoms with Crippen molar-refractivity contribution in [3.05, 3.63) is 34.7 Å². The van der Waals surface area contributed by atoms with E-state index in [1.54, 1.807) is 0 Å². The van der Waals surface area contributed by atoms with Gasteiger partial charge in [-0.3, -0.25) is 4.79 Å². The van der Waals surface area contributed by atoms with E-state index in [4.69, 9.17) is 5.73 Å². The number of carbonyl (C=O) groups excluding carboxylic acids is 1. The number of benzene rings is 1. The van der Waals surface area contributed by atoms with E-state index in [0.29, 0.717) is 12.5 Å². The van der Waals surface area contributed by atoms with E-state index in [2.05, 4.69) is 10.3 Å². The Kier molecular flexibility index (Phi) is 4.20. The molecule has 0 atom stereocenters. The fourth-order valence-corrected chi connectivity index (χ4v) is 3.51. The number of thiazole rings is 1. The van der Waals surface area contributed by atoms with Crippen molar-refractivity contribution in [2.45, 2.75) is 38.1 Å². The van der Waals surface area contributed by atoms with Gasteiger partial charge in [0.15, 0.2) is 0 Å². The summed E-state index contributed by atoms with van der Waals surface area (Å²) in [5, 5.41) is 5.92. The Balaban J connectivity index is 1.63. The summed E-state index contributed by atoms with van der Waals surface area (Å²) in [6.45, 7) is 0. The number of rotatable bonds is 4. The van der Waals surface area contributed by atoms with Crippen molar-refractivity contribution in [2.75, 3.05) is 5.73 Å². The van der Waals surface area contributed by atoms with Crippen molar-refractivity contribution in [1.29, 1.82) is 0 Å². The van der Waals surface area contributed by atoms with Crippen LogP contribution < -0.4 is 11.1 Å². The molecular formula is C16H19N3OS. The molecule has 1 aromatic heterocycles. The molecule has 0 saturated heterocycles. The maximum atomic E-state index is 12.0. The molecular weight excluding hydrogens is 282 g/mol. The number of carbonyl (C=O) groups is 1. The number of nitrogens with one attached hydrogen (secondary N) is 1. The molecule has 0 unspecified atom stereocenters. The summed E-state index contributed by atoms with van der Waals surface area (Å²) in [5.41, 5.74) is 8.39. The van der Waals surface area contributed by atoms with Crippen LogP contribution in [-0.2, 0) is 11.2 Å². The van der Waals surface area contributed by atoms with Crippen molar-refractivity contribution >= 4 is 22.9 Å². The van der Waals surface area contributed by atoms with Crippen LogP contribution in [0.5, 0.6) is 0 Å². The molecule has 2 aromatic rings. The maximum Gasteiger partial charge on any atom is 0.227 e. The van der Waals surface area contributed by atoms with E-state index >= 15 is 0 Å². The molecule has 4 nitrogen and oxygen atoms in total. The first-order valence-corrected chi connectivity index (χ1v) is 8.18. The van der Waals surface area contributed by atoms with Gasteiger partial charge in [0, 0.05) is 22.7 Å². The van der Waals surface area contributed by atoms with E-state index < -0.39 is 0 Å². The summed E-state index contributed by atoms with van der Waals surface area (Å²) in [5.74, 6) is 0.0791. The van der Waals surface area contributed by atoms with Gasteiger partial charge in [-0.15, -0.1) is 11.3 Å². The van der Waals surface area contributed by atoms with Gasteiger partial charge in [-0.2, -0.15) is 0 Å². The van der Waals surface area contributed by atoms with Crippen molar-refractivity contribution in [2.24, 2.45) is 0 Å². The molecule has 1 aliphatic carbocycles. The Morgan fingerprint density at radius 2 is 2.19 bits per heavy atom. The first kappa shape index (κ1) is 14.1. The average molecular weight is 301 g/mol. The van der Waals surface area contributed by atoms with Crippen molar-refractivity contribution in [1.82, 2.24) is 10.3 Å². The minimum Gasteiger partial charge on any atom is -0.399 e. The van der Waals surface area contributed by atoms with Gasteiger partial charge in [0.25, 0.3) is 0 Å². The third-order valence-corrected chi connectivity index (χ3v) is 4.62. The molecule has 1 amide bonds. The second-order valence-electron chi connectivity index (χ2n) is 5.48. The lowest BCUT2D eigenvalue weighted by molar-refractivity contribution is -0.121. The van der Waals surface area contributed by atoms with Gasteiger partial charge < -0.3 is 11.1 Å². The molecule has 0 bridgehead atoms. The van der Waals surface area contributed by atoms with Gasteiger partial charge in [0.2, 0.25) is 5.91 Å². The lowest BCUT2D eigenvalue weighted by Crippen LogP contribution is -2.33. The molecule has 1 aromatic carbocycles. The molecule has 1 saturated carbocycles. The van der Waals surface area contributed by atoms with Crippen molar-refractivity contribution in [3.8, 4) is 11.3 Å². The fourth-order valence-electron chi connectivity index (χ4n) is 2.71. The molecule has 5 heteroatoms. The highest BCUT2D eigenvalue weighted by Gasteiger charge is 2.18. The maximum absolute atomic E-state index is 12.0. The normalized spacial score (nSPS) is 15.2. The quantitative estimate of drug-likeness (QED) is 0.853. The second kappa shape index (κ2) is 6.26. The van der Waals surface area contributed by atoms with Crippen LogP contribution in [0.15, 0.2) is 29.6 Å². The van der Waals surface area contributed by atoms with Gasteiger partial charge in [0.05, 0.1) is 12.1 Å². The lowest BCUT2D eigenvalue weighted by atomic mass is 10.1. The number of nitrogen functional groups attached to an aromatic ring is 1. The summed E-state index contributed by atoms with van der Waals surface area (Å²) in [7, 11) is 0. The van der Waals surface area contributed by atoms with E-state index in [0.717, 1.165) is 34.8 Å². The van der Waals surface area contributed by atoms with Crippen LogP contribution in [-0.4, -0.2) is 16.9 Å². The molecule has 1 fully saturated rings. The van der Waals surface area contributed by atoms with Crippen molar-refractivity contribution in [3.63, 3.8) is 0 Å². The number of hydrogen-bond acceptors (Lipinski definition) is 4. The minimum atomic E-state index is 0.0791. The number of amides is 1. The summed E-state index contributed by atoms with van der Waals surface area (Å²) in [4.78, 5) is 16.5. The highest BCUT2D eigenvalue weighted by molar-refractivity contribution is 7.10. The first-order chi connectivity index (χ1) is 10.2. The standard InChI is InChI=1S/C16H19N3OS/c17-12-5-3-4-11(8-12)14-10-21-16(19-14)9-15(20)18-13-6-1-2-7-13/h3-5,8,10,13H,1-2,6-7,9,17H2,(H,18,20). The molecule has 3 N–H and O–H groups in total. The number of nitrogens with two attached hydrogens (primary N) is 1. The monoisotopic (exact) mass is 301 g/mol. The molecule has 21 heavy (non-hydrogen) atoms. The second-order valence-corrected chi connectivity index (χ2v) is 6.42. The number of nitrogens with zero attached hydrogens (tertiary/aromatic N) is 1. The van der Waals surface area contributed by atoms with Gasteiger partial charge in [-0.1, -0.05) is 25.0 Å². The van der Waals surface area contributed by atoms with Crippen LogP contribution in [0.1, 0.15) is 30.7 Å². The summed E-state index contributed by atoms with van der Waals surface area (Å²) < 4.78 is 0. The Labute approximate surface area is 128 Å². The zero-order valence-electron chi connectivity index (χ0n) is 11.8. The topological polar surface area (TPSA) is 68.0 Å². The van der Waals surface area contributed by atoms with Crippen LogP contribution in [0.4, 0.5) is 5.69 Å². The van der Waals surface area contributed by atoms with Crippen LogP contribution in [0.2, 0.25) is 0 Å². The molecule has 1 aliphatic rings. The Morgan fingerprint density at radius 1 is 1.38 bits per heavy atom. The summed E-state index contributed by atoms with van der Waals surface area (Å²) in [6.07, 6.45) is 5.03. The highest BCUT2D eigenvalue weighted by atomic mass is 32.1. The average Bonchev–Trinajstić information content (AvgIpc) is 3.10. The fraction of sp³-hybridized carbons (Fsp3) is 0.375. The molecule has 1 heterocycles. The Hall–Kier alpha value is -1.88. The van der Waals surface area contributed by atoms with E-state index in [1.165, 1.54) is 24.2 Å². The lowest BCUT2D eigenvalue weighted by Gasteiger charge is -2.10. The number of hydrogen-bond donors (Lipinski definition) is 2. The predicted octanol–water partition coefficient (Wildman–Crippen LogP) is 2.99. The van der Waals surface area contributed by atoms with Crippen molar-refractivity contribution < 1.29 is 4.79 Å². The van der Waals surface area contributed by atoms with E-state index in [9.17, 15) is 4.79 Å². The van der Waals surface area contributed by atoms with Crippen LogP contribution in [0.25, 0.3) is 11.3 Å². The third-order valence-electron chi connectivity index (χ3n) is 3.77. The van der Waals surface area contributed by atoms with Crippen LogP contribution >= 0.6 is 11.3 Å². The predicted molar refractivity (Wildman–Crippen MR) is 86.1 cm³/mol. The van der Waals surface area contributed by atoms with E-state index in [1.807, 2.05) is 29.6 Å². The molecule has 0 aliphatic heterocycles. The molecule has 0 radical (unpaired) electrons. The van der Waals surface area contributed by atoms with Crippen LogP contribution in [0, 0.1) is 0 Å². The number of aromatic nitrogens is 1. The Morgan fingerprint density at radius 3 is 2.95 bits per heavy atom. The smallest absolute Gasteiger partial charge is 0.227 e. The van der Waals surface area contributed by atoms with E-state index in [-0.39, 0.29) is 5.91 Å². The zero-order chi connectivity index (χ0) is 14.7.